The maximum absolute atomic E-state index is 13.8. The number of anilines is 2. The number of rotatable bonds is 16. The first-order valence-electron chi connectivity index (χ1n) is 19.4. The zero-order valence-corrected chi connectivity index (χ0v) is 35.6. The predicted octanol–water partition coefficient (Wildman–Crippen LogP) is 9.31. The van der Waals surface area contributed by atoms with Crippen LogP contribution in [0.1, 0.15) is 33.3 Å². The number of nitrogens with one attached hydrogen (secondary N) is 2. The highest BCUT2D eigenvalue weighted by molar-refractivity contribution is 7.90. The molecule has 1 aliphatic heterocycles. The summed E-state index contributed by atoms with van der Waals surface area (Å²) < 4.78 is 35.8. The highest BCUT2D eigenvalue weighted by atomic mass is 35.5. The van der Waals surface area contributed by atoms with Gasteiger partial charge in [0.2, 0.25) is 0 Å². The molecule has 2 N–H and O–H groups in total. The Morgan fingerprint density at radius 1 is 0.900 bits per heavy atom. The molecule has 2 heterocycles. The number of piperazine rings is 1. The van der Waals surface area contributed by atoms with E-state index in [-0.39, 0.29) is 23.0 Å². The van der Waals surface area contributed by atoms with Gasteiger partial charge in [-0.1, -0.05) is 72.3 Å². The zero-order valence-electron chi connectivity index (χ0n) is 33.2. The van der Waals surface area contributed by atoms with Crippen LogP contribution in [0.3, 0.4) is 0 Å². The van der Waals surface area contributed by atoms with Crippen molar-refractivity contribution >= 4 is 55.9 Å². The van der Waals surface area contributed by atoms with Crippen molar-refractivity contribution < 1.29 is 22.9 Å². The Bertz CT molecular complexity index is 2530. The van der Waals surface area contributed by atoms with Gasteiger partial charge < -0.3 is 19.9 Å². The zero-order chi connectivity index (χ0) is 42.2. The molecule has 15 heteroatoms. The minimum atomic E-state index is -4.56. The number of ether oxygens (including phenoxy) is 1. The molecule has 0 bridgehead atoms. The first-order chi connectivity index (χ1) is 28.9. The molecule has 0 radical (unpaired) electrons. The third kappa shape index (κ3) is 10.5. The Morgan fingerprint density at radius 2 is 1.63 bits per heavy atom. The maximum Gasteiger partial charge on any atom is 0.293 e. The number of benzene rings is 5. The summed E-state index contributed by atoms with van der Waals surface area (Å²) in [6.07, 6.45) is 0.657. The molecular formula is C45H45ClN6O6S2. The summed E-state index contributed by atoms with van der Waals surface area (Å²) in [4.78, 5) is 32.7. The normalized spacial score (nSPS) is 13.8. The molecule has 5 aromatic carbocycles. The number of carbonyl (C=O) groups is 1. The number of nitro groups is 1. The van der Waals surface area contributed by atoms with Crippen molar-refractivity contribution in [1.29, 1.82) is 0 Å². The van der Waals surface area contributed by atoms with E-state index >= 15 is 0 Å². The smallest absolute Gasteiger partial charge is 0.293 e. The molecule has 6 aromatic rings. The van der Waals surface area contributed by atoms with Crippen molar-refractivity contribution in [3.05, 3.63) is 164 Å². The van der Waals surface area contributed by atoms with Crippen LogP contribution in [0.4, 0.5) is 17.1 Å². The number of nitro benzene ring substituents is 1. The fourth-order valence-electron chi connectivity index (χ4n) is 7.11. The summed E-state index contributed by atoms with van der Waals surface area (Å²) in [7, 11) is -0.671. The number of sulfonamides is 1. The van der Waals surface area contributed by atoms with Gasteiger partial charge in [0.15, 0.2) is 0 Å². The van der Waals surface area contributed by atoms with Crippen LogP contribution < -0.4 is 19.7 Å². The lowest BCUT2D eigenvalue weighted by atomic mass is 9.99. The standard InChI is InChI=1S/C45H45ClN6O6S2/c1-49(2)23-22-41(44-13-8-28-59-44)47-40-21-19-37(30-42(40)52(54)55)60(56,57)48-45(53)39-20-18-35(29-43(39)58-36-10-4-3-5-11-36)51-26-24-50(25-27-51)31-33-9-6-7-12-38(33)32-14-16-34(46)17-15-32/h3-21,28-30,41,47H,22-27,31H2,1-2H3,(H,48,53)/t41-/m0/s1. The van der Waals surface area contributed by atoms with E-state index in [1.165, 1.54) is 29.0 Å². The quantitative estimate of drug-likeness (QED) is 0.0716. The average molecular weight is 865 g/mol. The molecule has 60 heavy (non-hydrogen) atoms. The minimum Gasteiger partial charge on any atom is -0.456 e. The van der Waals surface area contributed by atoms with E-state index in [1.54, 1.807) is 42.5 Å². The SMILES string of the molecule is CN(C)CC[C@H](Nc1ccc(S(=O)(=O)NC(=O)c2ccc(N3CCN(Cc4ccccc4-c4ccc(Cl)cc4)CC3)cc2Oc2ccccc2)cc1[N+](=O)[O-])c1cccs1. The van der Waals surface area contributed by atoms with E-state index in [0.717, 1.165) is 53.9 Å². The van der Waals surface area contributed by atoms with Gasteiger partial charge in [-0.15, -0.1) is 11.3 Å². The summed E-state index contributed by atoms with van der Waals surface area (Å²) in [5.74, 6) is -0.322. The largest absolute Gasteiger partial charge is 0.456 e. The molecule has 0 aliphatic carbocycles. The molecule has 0 spiro atoms. The second-order valence-corrected chi connectivity index (χ2v) is 17.8. The molecule has 7 rings (SSSR count). The molecule has 12 nitrogen and oxygen atoms in total. The summed E-state index contributed by atoms with van der Waals surface area (Å²) in [6.45, 7) is 4.49. The van der Waals surface area contributed by atoms with E-state index in [1.807, 2.05) is 72.9 Å². The van der Waals surface area contributed by atoms with Gasteiger partial charge in [0, 0.05) is 60.4 Å². The lowest BCUT2D eigenvalue weighted by Crippen LogP contribution is -2.46. The van der Waals surface area contributed by atoms with Crippen molar-refractivity contribution in [3.8, 4) is 22.6 Å². The molecule has 310 valence electrons. The van der Waals surface area contributed by atoms with Gasteiger partial charge in [-0.2, -0.15) is 0 Å². The third-order valence-corrected chi connectivity index (χ3v) is 12.8. The Kier molecular flexibility index (Phi) is 13.5. The van der Waals surface area contributed by atoms with Gasteiger partial charge in [0.25, 0.3) is 21.6 Å². The predicted molar refractivity (Wildman–Crippen MR) is 239 cm³/mol. The van der Waals surface area contributed by atoms with Crippen LogP contribution in [0.2, 0.25) is 5.02 Å². The van der Waals surface area contributed by atoms with Crippen LogP contribution in [0.5, 0.6) is 11.5 Å². The Morgan fingerprint density at radius 3 is 2.33 bits per heavy atom. The van der Waals surface area contributed by atoms with Crippen molar-refractivity contribution in [2.24, 2.45) is 0 Å². The van der Waals surface area contributed by atoms with Gasteiger partial charge in [0.05, 0.1) is 21.4 Å². The lowest BCUT2D eigenvalue weighted by molar-refractivity contribution is -0.384. The van der Waals surface area contributed by atoms with Crippen LogP contribution >= 0.6 is 22.9 Å². The Hall–Kier alpha value is -5.77. The van der Waals surface area contributed by atoms with Crippen molar-refractivity contribution in [1.82, 2.24) is 14.5 Å². The maximum atomic E-state index is 13.8. The number of amides is 1. The van der Waals surface area contributed by atoms with Crippen molar-refractivity contribution in [2.45, 2.75) is 23.9 Å². The van der Waals surface area contributed by atoms with Crippen LogP contribution in [-0.2, 0) is 16.6 Å². The molecule has 1 aromatic heterocycles. The highest BCUT2D eigenvalue weighted by Crippen LogP contribution is 2.35. The fraction of sp³-hybridized carbons (Fsp3) is 0.222. The van der Waals surface area contributed by atoms with Gasteiger partial charge in [0.1, 0.15) is 17.2 Å². The lowest BCUT2D eigenvalue weighted by Gasteiger charge is -2.36. The summed E-state index contributed by atoms with van der Waals surface area (Å²) >= 11 is 7.68. The van der Waals surface area contributed by atoms with Gasteiger partial charge >= 0.3 is 0 Å². The summed E-state index contributed by atoms with van der Waals surface area (Å²) in [5.41, 5.74) is 4.02. The van der Waals surface area contributed by atoms with Gasteiger partial charge in [-0.3, -0.25) is 19.8 Å². The molecule has 1 aliphatic rings. The van der Waals surface area contributed by atoms with Crippen molar-refractivity contribution in [3.63, 3.8) is 0 Å². The van der Waals surface area contributed by atoms with Gasteiger partial charge in [-0.05, 0) is 104 Å². The molecule has 1 saturated heterocycles. The molecule has 1 atom stereocenters. The van der Waals surface area contributed by atoms with Crippen LogP contribution in [0, 0.1) is 10.1 Å². The number of hydrogen-bond acceptors (Lipinski definition) is 11. The number of para-hydroxylation sites is 1. The number of hydrogen-bond donors (Lipinski definition) is 2. The second kappa shape index (κ2) is 19.1. The first kappa shape index (κ1) is 42.4. The topological polar surface area (TPSA) is 137 Å². The monoisotopic (exact) mass is 864 g/mol. The van der Waals surface area contributed by atoms with E-state index in [0.29, 0.717) is 30.3 Å². The number of carbonyl (C=O) groups excluding carboxylic acids is 1. The number of nitrogens with zero attached hydrogens (tertiary/aromatic N) is 4. The molecule has 0 unspecified atom stereocenters. The van der Waals surface area contributed by atoms with Crippen LogP contribution in [0.25, 0.3) is 11.1 Å². The van der Waals surface area contributed by atoms with Gasteiger partial charge in [-0.25, -0.2) is 13.1 Å². The fourth-order valence-corrected chi connectivity index (χ4v) is 9.03. The molecule has 1 amide bonds. The third-order valence-electron chi connectivity index (χ3n) is 10.3. The first-order valence-corrected chi connectivity index (χ1v) is 22.2. The van der Waals surface area contributed by atoms with Crippen LogP contribution in [-0.4, -0.2) is 75.9 Å². The summed E-state index contributed by atoms with van der Waals surface area (Å²) in [6, 6.07) is 37.4. The molecule has 1 fully saturated rings. The van der Waals surface area contributed by atoms with Crippen molar-refractivity contribution in [2.75, 3.05) is 57.0 Å². The summed E-state index contributed by atoms with van der Waals surface area (Å²) in [5, 5.41) is 18.2. The minimum absolute atomic E-state index is 0.0175. The number of thiophene rings is 1. The van der Waals surface area contributed by atoms with E-state index in [4.69, 9.17) is 16.3 Å². The van der Waals surface area contributed by atoms with E-state index in [2.05, 4.69) is 38.0 Å². The van der Waals surface area contributed by atoms with E-state index in [9.17, 15) is 23.3 Å². The number of halogens is 1. The van der Waals surface area contributed by atoms with E-state index < -0.39 is 31.4 Å². The van der Waals surface area contributed by atoms with Crippen LogP contribution in [0.15, 0.2) is 138 Å². The second-order valence-electron chi connectivity index (χ2n) is 14.7. The Balaban J connectivity index is 1.08. The highest BCUT2D eigenvalue weighted by Gasteiger charge is 2.28. The Labute approximate surface area is 359 Å². The average Bonchev–Trinajstić information content (AvgIpc) is 3.79. The molecular weight excluding hydrogens is 820 g/mol. The molecule has 0 saturated carbocycles.